The van der Waals surface area contributed by atoms with Gasteiger partial charge in [0.1, 0.15) is 18.2 Å². The molecule has 1 heterocycles. The quantitative estimate of drug-likeness (QED) is 0.786. The van der Waals surface area contributed by atoms with Crippen molar-refractivity contribution in [3.63, 3.8) is 0 Å². The van der Waals surface area contributed by atoms with Crippen LogP contribution in [0.5, 0.6) is 5.75 Å². The van der Waals surface area contributed by atoms with Gasteiger partial charge in [-0.05, 0) is 57.8 Å². The minimum absolute atomic E-state index is 0.306. The molecule has 3 rings (SSSR count). The first-order chi connectivity index (χ1) is 11.7. The number of rotatable bonds is 4. The van der Waals surface area contributed by atoms with Crippen LogP contribution in [0.4, 0.5) is 4.39 Å². The molecular weight excluding hydrogens is 318 g/mol. The van der Waals surface area contributed by atoms with Crippen molar-refractivity contribution in [3.05, 3.63) is 59.4 Å². The van der Waals surface area contributed by atoms with Crippen molar-refractivity contribution in [3.8, 4) is 5.75 Å². The minimum Gasteiger partial charge on any atom is -0.489 e. The number of ether oxygens (including phenoxy) is 1. The summed E-state index contributed by atoms with van der Waals surface area (Å²) in [6.45, 7) is 10.6. The van der Waals surface area contributed by atoms with Crippen molar-refractivity contribution in [1.82, 2.24) is 0 Å². The molecule has 0 unspecified atom stereocenters. The normalized spacial score (nSPS) is 18.4. The Balaban J connectivity index is 1.77. The predicted octanol–water partition coefficient (Wildman–Crippen LogP) is 4.01. The third-order valence-corrected chi connectivity index (χ3v) is 5.05. The molecule has 2 aromatic carbocycles. The Morgan fingerprint density at radius 1 is 1.00 bits per heavy atom. The lowest BCUT2D eigenvalue weighted by Crippen LogP contribution is -2.41. The molecule has 0 atom stereocenters. The zero-order valence-corrected chi connectivity index (χ0v) is 15.4. The first-order valence-electron chi connectivity index (χ1n) is 8.51. The second kappa shape index (κ2) is 6.47. The first kappa shape index (κ1) is 18.0. The zero-order valence-electron chi connectivity index (χ0n) is 15.4. The van der Waals surface area contributed by atoms with Crippen LogP contribution < -0.4 is 10.2 Å². The van der Waals surface area contributed by atoms with Crippen molar-refractivity contribution in [2.24, 2.45) is 0 Å². The van der Waals surface area contributed by atoms with Crippen LogP contribution in [0.2, 0.25) is 0 Å². The first-order valence-corrected chi connectivity index (χ1v) is 8.51. The molecule has 1 saturated heterocycles. The number of aryl methyl sites for hydroxylation is 1. The summed E-state index contributed by atoms with van der Waals surface area (Å²) < 4.78 is 31.2. The minimum atomic E-state index is -0.404. The van der Waals surface area contributed by atoms with Crippen molar-refractivity contribution in [2.75, 3.05) is 0 Å². The SMILES string of the molecule is Cc1ccc(COc2cccc(F)c2)cc1B1OC(C)(C)C(C)(C)O1. The predicted molar refractivity (Wildman–Crippen MR) is 97.6 cm³/mol. The molecule has 132 valence electrons. The molecule has 0 bridgehead atoms. The van der Waals surface area contributed by atoms with Gasteiger partial charge in [-0.1, -0.05) is 29.8 Å². The molecule has 1 aliphatic rings. The monoisotopic (exact) mass is 342 g/mol. The van der Waals surface area contributed by atoms with E-state index >= 15 is 0 Å². The third kappa shape index (κ3) is 3.72. The highest BCUT2D eigenvalue weighted by atomic mass is 19.1. The van der Waals surface area contributed by atoms with Crippen LogP contribution in [-0.4, -0.2) is 18.3 Å². The average molecular weight is 342 g/mol. The molecule has 0 radical (unpaired) electrons. The van der Waals surface area contributed by atoms with E-state index in [1.54, 1.807) is 12.1 Å². The standard InChI is InChI=1S/C20H24BFO3/c1-14-9-10-15(13-23-17-8-6-7-16(22)12-17)11-18(14)21-24-19(2,3)20(4,5)25-21/h6-12H,13H2,1-5H3. The van der Waals surface area contributed by atoms with Gasteiger partial charge in [0.2, 0.25) is 0 Å². The largest absolute Gasteiger partial charge is 0.495 e. The van der Waals surface area contributed by atoms with E-state index in [9.17, 15) is 4.39 Å². The summed E-state index contributed by atoms with van der Waals surface area (Å²) in [4.78, 5) is 0. The molecule has 3 nitrogen and oxygen atoms in total. The summed E-state index contributed by atoms with van der Waals surface area (Å²) >= 11 is 0. The molecule has 0 amide bonds. The van der Waals surface area contributed by atoms with Gasteiger partial charge in [0, 0.05) is 6.07 Å². The topological polar surface area (TPSA) is 27.7 Å². The van der Waals surface area contributed by atoms with E-state index in [0.717, 1.165) is 16.6 Å². The third-order valence-electron chi connectivity index (χ3n) is 5.05. The molecule has 0 saturated carbocycles. The van der Waals surface area contributed by atoms with E-state index in [1.165, 1.54) is 12.1 Å². The van der Waals surface area contributed by atoms with E-state index in [0.29, 0.717) is 12.4 Å². The summed E-state index contributed by atoms with van der Waals surface area (Å²) in [5.74, 6) is 0.206. The molecule has 1 fully saturated rings. The van der Waals surface area contributed by atoms with E-state index in [4.69, 9.17) is 14.0 Å². The number of benzene rings is 2. The molecular formula is C20H24BFO3. The summed E-state index contributed by atoms with van der Waals surface area (Å²) in [5, 5.41) is 0. The summed E-state index contributed by atoms with van der Waals surface area (Å²) in [7, 11) is -0.404. The molecule has 1 aliphatic heterocycles. The van der Waals surface area contributed by atoms with Gasteiger partial charge in [-0.2, -0.15) is 0 Å². The maximum atomic E-state index is 13.2. The highest BCUT2D eigenvalue weighted by Gasteiger charge is 2.52. The molecule has 0 aliphatic carbocycles. The van der Waals surface area contributed by atoms with Crippen LogP contribution in [0.15, 0.2) is 42.5 Å². The number of halogens is 1. The molecule has 0 spiro atoms. The van der Waals surface area contributed by atoms with Gasteiger partial charge in [-0.15, -0.1) is 0 Å². The smallest absolute Gasteiger partial charge is 0.489 e. The Hall–Kier alpha value is -1.85. The molecule has 2 aromatic rings. The zero-order chi connectivity index (χ0) is 18.2. The van der Waals surface area contributed by atoms with E-state index in [1.807, 2.05) is 52.8 Å². The number of hydrogen-bond donors (Lipinski definition) is 0. The lowest BCUT2D eigenvalue weighted by atomic mass is 9.75. The molecule has 25 heavy (non-hydrogen) atoms. The molecule has 5 heteroatoms. The molecule has 0 aromatic heterocycles. The Labute approximate surface area is 149 Å². The maximum absolute atomic E-state index is 13.2. The number of hydrogen-bond acceptors (Lipinski definition) is 3. The van der Waals surface area contributed by atoms with E-state index in [2.05, 4.69) is 0 Å². The Morgan fingerprint density at radius 3 is 2.32 bits per heavy atom. The van der Waals surface area contributed by atoms with Gasteiger partial charge in [-0.25, -0.2) is 4.39 Å². The van der Waals surface area contributed by atoms with Gasteiger partial charge >= 0.3 is 7.12 Å². The second-order valence-electron chi connectivity index (χ2n) is 7.53. The van der Waals surface area contributed by atoms with Gasteiger partial charge in [0.15, 0.2) is 0 Å². The fourth-order valence-corrected chi connectivity index (χ4v) is 2.73. The highest BCUT2D eigenvalue weighted by Crippen LogP contribution is 2.36. The van der Waals surface area contributed by atoms with Crippen LogP contribution >= 0.6 is 0 Å². The van der Waals surface area contributed by atoms with Crippen LogP contribution in [0.1, 0.15) is 38.8 Å². The van der Waals surface area contributed by atoms with Gasteiger partial charge in [-0.3, -0.25) is 0 Å². The van der Waals surface area contributed by atoms with Crippen LogP contribution in [0.25, 0.3) is 0 Å². The summed E-state index contributed by atoms with van der Waals surface area (Å²) in [6, 6.07) is 12.2. The Morgan fingerprint density at radius 2 is 1.68 bits per heavy atom. The van der Waals surface area contributed by atoms with Gasteiger partial charge < -0.3 is 14.0 Å². The van der Waals surface area contributed by atoms with Crippen molar-refractivity contribution in [1.29, 1.82) is 0 Å². The van der Waals surface area contributed by atoms with Gasteiger partial charge in [0.25, 0.3) is 0 Å². The average Bonchev–Trinajstić information content (AvgIpc) is 2.74. The van der Waals surface area contributed by atoms with E-state index in [-0.39, 0.29) is 17.0 Å². The molecule has 0 N–H and O–H groups in total. The van der Waals surface area contributed by atoms with E-state index < -0.39 is 7.12 Å². The lowest BCUT2D eigenvalue weighted by Gasteiger charge is -2.32. The van der Waals surface area contributed by atoms with Crippen LogP contribution in [-0.2, 0) is 15.9 Å². The van der Waals surface area contributed by atoms with Crippen LogP contribution in [0.3, 0.4) is 0 Å². The Kier molecular flexibility index (Phi) is 4.65. The summed E-state index contributed by atoms with van der Waals surface area (Å²) in [5.41, 5.74) is 2.34. The fourth-order valence-electron chi connectivity index (χ4n) is 2.73. The summed E-state index contributed by atoms with van der Waals surface area (Å²) in [6.07, 6.45) is 0. The van der Waals surface area contributed by atoms with Crippen LogP contribution in [0, 0.1) is 12.7 Å². The Bertz CT molecular complexity index is 757. The highest BCUT2D eigenvalue weighted by molar-refractivity contribution is 6.62. The maximum Gasteiger partial charge on any atom is 0.495 e. The van der Waals surface area contributed by atoms with Crippen molar-refractivity contribution >= 4 is 12.6 Å². The van der Waals surface area contributed by atoms with Crippen molar-refractivity contribution < 1.29 is 18.4 Å². The lowest BCUT2D eigenvalue weighted by molar-refractivity contribution is 0.00578. The van der Waals surface area contributed by atoms with Gasteiger partial charge in [0.05, 0.1) is 11.2 Å². The second-order valence-corrected chi connectivity index (χ2v) is 7.53. The fraction of sp³-hybridized carbons (Fsp3) is 0.400. The van der Waals surface area contributed by atoms with Crippen molar-refractivity contribution in [2.45, 2.75) is 52.4 Å².